The Labute approximate surface area is 105 Å². The highest BCUT2D eigenvalue weighted by Gasteiger charge is 2.09. The third-order valence-corrected chi connectivity index (χ3v) is 3.14. The first-order valence-electron chi connectivity index (χ1n) is 5.38. The molecular formula is C11H18IN3. The fraction of sp³-hybridized carbons (Fsp3) is 0.636. The molecule has 0 unspecified atom stereocenters. The van der Waals surface area contributed by atoms with Crippen LogP contribution in [0.5, 0.6) is 0 Å². The topological polar surface area (TPSA) is 37.8 Å². The van der Waals surface area contributed by atoms with Gasteiger partial charge in [0.2, 0.25) is 0 Å². The van der Waals surface area contributed by atoms with Crippen molar-refractivity contribution in [2.24, 2.45) is 5.92 Å². The smallest absolute Gasteiger partial charge is 0.143 e. The van der Waals surface area contributed by atoms with Gasteiger partial charge in [-0.2, -0.15) is 0 Å². The van der Waals surface area contributed by atoms with E-state index < -0.39 is 0 Å². The molecule has 1 N–H and O–H groups in total. The second-order valence-corrected chi connectivity index (χ2v) is 5.09. The minimum atomic E-state index is 0.632. The standard InChI is InChI=1S/C11H18IN3/c1-4-5-13-11-10(12)9(6-8(2)3)14-7-15-11/h7-8H,4-6H2,1-3H3,(H,13,14,15). The van der Waals surface area contributed by atoms with E-state index in [0.29, 0.717) is 5.92 Å². The molecule has 0 atom stereocenters. The SMILES string of the molecule is CCCNc1ncnc(CC(C)C)c1I. The van der Waals surface area contributed by atoms with E-state index in [1.54, 1.807) is 6.33 Å². The molecule has 1 rings (SSSR count). The molecule has 84 valence electrons. The lowest BCUT2D eigenvalue weighted by Gasteiger charge is -2.10. The van der Waals surface area contributed by atoms with Crippen LogP contribution in [0.2, 0.25) is 0 Å². The molecule has 0 aliphatic heterocycles. The maximum atomic E-state index is 4.33. The number of anilines is 1. The van der Waals surface area contributed by atoms with E-state index in [0.717, 1.165) is 34.5 Å². The second-order valence-electron chi connectivity index (χ2n) is 4.01. The summed E-state index contributed by atoms with van der Waals surface area (Å²) in [5.41, 5.74) is 1.15. The van der Waals surface area contributed by atoms with Crippen LogP contribution in [-0.4, -0.2) is 16.5 Å². The van der Waals surface area contributed by atoms with Gasteiger partial charge in [-0.25, -0.2) is 9.97 Å². The molecule has 15 heavy (non-hydrogen) atoms. The van der Waals surface area contributed by atoms with Gasteiger partial charge < -0.3 is 5.32 Å². The van der Waals surface area contributed by atoms with Crippen molar-refractivity contribution in [2.45, 2.75) is 33.6 Å². The summed E-state index contributed by atoms with van der Waals surface area (Å²) in [6.07, 6.45) is 3.78. The molecule has 1 aromatic rings. The van der Waals surface area contributed by atoms with Crippen molar-refractivity contribution in [1.82, 2.24) is 9.97 Å². The largest absolute Gasteiger partial charge is 0.369 e. The Bertz CT molecular complexity index is 313. The van der Waals surface area contributed by atoms with Crippen molar-refractivity contribution in [3.05, 3.63) is 15.6 Å². The summed E-state index contributed by atoms with van der Waals surface area (Å²) in [4.78, 5) is 8.58. The van der Waals surface area contributed by atoms with Crippen LogP contribution in [0, 0.1) is 9.49 Å². The molecule has 0 aromatic carbocycles. The maximum Gasteiger partial charge on any atom is 0.143 e. The Kier molecular flexibility index (Phi) is 5.28. The van der Waals surface area contributed by atoms with Gasteiger partial charge in [0.1, 0.15) is 12.1 Å². The van der Waals surface area contributed by atoms with Crippen LogP contribution in [0.15, 0.2) is 6.33 Å². The Morgan fingerprint density at radius 2 is 2.13 bits per heavy atom. The zero-order chi connectivity index (χ0) is 11.3. The van der Waals surface area contributed by atoms with Gasteiger partial charge in [-0.3, -0.25) is 0 Å². The summed E-state index contributed by atoms with van der Waals surface area (Å²) in [7, 11) is 0. The van der Waals surface area contributed by atoms with Gasteiger partial charge in [0.25, 0.3) is 0 Å². The molecule has 0 aliphatic rings. The minimum Gasteiger partial charge on any atom is -0.369 e. The van der Waals surface area contributed by atoms with Crippen molar-refractivity contribution in [3.8, 4) is 0 Å². The number of nitrogens with one attached hydrogen (secondary N) is 1. The number of aromatic nitrogens is 2. The van der Waals surface area contributed by atoms with Crippen LogP contribution in [0.4, 0.5) is 5.82 Å². The number of rotatable bonds is 5. The average Bonchev–Trinajstić information content (AvgIpc) is 2.19. The first-order valence-corrected chi connectivity index (χ1v) is 6.46. The molecule has 0 radical (unpaired) electrons. The van der Waals surface area contributed by atoms with Gasteiger partial charge in [0, 0.05) is 6.54 Å². The molecule has 0 fully saturated rings. The normalized spacial score (nSPS) is 10.7. The van der Waals surface area contributed by atoms with E-state index in [9.17, 15) is 0 Å². The molecule has 0 spiro atoms. The predicted octanol–water partition coefficient (Wildman–Crippen LogP) is 3.10. The third-order valence-electron chi connectivity index (χ3n) is 2.01. The summed E-state index contributed by atoms with van der Waals surface area (Å²) in [5, 5.41) is 3.32. The van der Waals surface area contributed by atoms with Gasteiger partial charge in [0.05, 0.1) is 9.26 Å². The number of hydrogen-bond donors (Lipinski definition) is 1. The van der Waals surface area contributed by atoms with Crippen LogP contribution in [0.1, 0.15) is 32.9 Å². The van der Waals surface area contributed by atoms with E-state index in [1.165, 1.54) is 0 Å². The van der Waals surface area contributed by atoms with E-state index in [1.807, 2.05) is 0 Å². The molecule has 0 aliphatic carbocycles. The van der Waals surface area contributed by atoms with E-state index in [2.05, 4.69) is 58.6 Å². The third kappa shape index (κ3) is 3.93. The fourth-order valence-corrected chi connectivity index (χ4v) is 1.99. The van der Waals surface area contributed by atoms with Crippen LogP contribution >= 0.6 is 22.6 Å². The summed E-state index contributed by atoms with van der Waals surface area (Å²) in [6.45, 7) is 7.53. The van der Waals surface area contributed by atoms with Crippen LogP contribution in [0.3, 0.4) is 0 Å². The zero-order valence-corrected chi connectivity index (χ0v) is 11.7. The summed E-state index contributed by atoms with van der Waals surface area (Å²) < 4.78 is 1.16. The number of hydrogen-bond acceptors (Lipinski definition) is 3. The van der Waals surface area contributed by atoms with Gasteiger partial charge in [-0.15, -0.1) is 0 Å². The minimum absolute atomic E-state index is 0.632. The molecule has 4 heteroatoms. The summed E-state index contributed by atoms with van der Waals surface area (Å²) in [6, 6.07) is 0. The highest BCUT2D eigenvalue weighted by atomic mass is 127. The molecule has 0 bridgehead atoms. The lowest BCUT2D eigenvalue weighted by Crippen LogP contribution is -2.08. The highest BCUT2D eigenvalue weighted by molar-refractivity contribution is 14.1. The number of halogens is 1. The summed E-state index contributed by atoms with van der Waals surface area (Å²) in [5.74, 6) is 1.61. The monoisotopic (exact) mass is 319 g/mol. The Morgan fingerprint density at radius 3 is 2.73 bits per heavy atom. The molecule has 3 nitrogen and oxygen atoms in total. The summed E-state index contributed by atoms with van der Waals surface area (Å²) >= 11 is 2.33. The van der Waals surface area contributed by atoms with E-state index >= 15 is 0 Å². The van der Waals surface area contributed by atoms with Crippen LogP contribution in [-0.2, 0) is 6.42 Å². The van der Waals surface area contributed by atoms with Crippen molar-refractivity contribution >= 4 is 28.4 Å². The molecule has 0 saturated heterocycles. The van der Waals surface area contributed by atoms with Crippen LogP contribution < -0.4 is 5.32 Å². The maximum absolute atomic E-state index is 4.33. The molecule has 0 amide bonds. The number of nitrogens with zero attached hydrogens (tertiary/aromatic N) is 2. The van der Waals surface area contributed by atoms with Crippen molar-refractivity contribution in [1.29, 1.82) is 0 Å². The lowest BCUT2D eigenvalue weighted by atomic mass is 10.1. The predicted molar refractivity (Wildman–Crippen MR) is 72.1 cm³/mol. The first-order chi connectivity index (χ1) is 7.15. The molecule has 0 saturated carbocycles. The van der Waals surface area contributed by atoms with E-state index in [-0.39, 0.29) is 0 Å². The van der Waals surface area contributed by atoms with Gasteiger partial charge in [-0.1, -0.05) is 20.8 Å². The highest BCUT2D eigenvalue weighted by Crippen LogP contribution is 2.20. The molecule has 1 heterocycles. The fourth-order valence-electron chi connectivity index (χ4n) is 1.30. The quantitative estimate of drug-likeness (QED) is 0.848. The molecule has 1 aromatic heterocycles. The Balaban J connectivity index is 2.80. The lowest BCUT2D eigenvalue weighted by molar-refractivity contribution is 0.631. The van der Waals surface area contributed by atoms with Gasteiger partial charge in [-0.05, 0) is 41.4 Å². The van der Waals surface area contributed by atoms with E-state index in [4.69, 9.17) is 0 Å². The molecular weight excluding hydrogens is 301 g/mol. The zero-order valence-electron chi connectivity index (χ0n) is 9.55. The Hall–Kier alpha value is -0.390. The second kappa shape index (κ2) is 6.25. The van der Waals surface area contributed by atoms with Gasteiger partial charge >= 0.3 is 0 Å². The average molecular weight is 319 g/mol. The van der Waals surface area contributed by atoms with Crippen molar-refractivity contribution < 1.29 is 0 Å². The van der Waals surface area contributed by atoms with Crippen molar-refractivity contribution in [2.75, 3.05) is 11.9 Å². The van der Waals surface area contributed by atoms with Gasteiger partial charge in [0.15, 0.2) is 0 Å². The Morgan fingerprint density at radius 1 is 1.40 bits per heavy atom. The van der Waals surface area contributed by atoms with Crippen molar-refractivity contribution in [3.63, 3.8) is 0 Å². The first kappa shape index (κ1) is 12.7. The van der Waals surface area contributed by atoms with Crippen LogP contribution in [0.25, 0.3) is 0 Å².